The van der Waals surface area contributed by atoms with E-state index in [1.165, 1.54) is 0 Å². The lowest BCUT2D eigenvalue weighted by Gasteiger charge is -2.30. The Kier molecular flexibility index (Phi) is 6.48. The number of rotatable bonds is 6. The van der Waals surface area contributed by atoms with Crippen molar-refractivity contribution in [3.63, 3.8) is 0 Å². The summed E-state index contributed by atoms with van der Waals surface area (Å²) >= 11 is 0. The summed E-state index contributed by atoms with van der Waals surface area (Å²) in [4.78, 5) is 14.1. The Balaban J connectivity index is 1.92. The summed E-state index contributed by atoms with van der Waals surface area (Å²) in [6, 6.07) is 7.35. The molecule has 1 aliphatic rings. The Labute approximate surface area is 131 Å². The van der Waals surface area contributed by atoms with Gasteiger partial charge in [0.25, 0.3) is 0 Å². The van der Waals surface area contributed by atoms with Crippen LogP contribution < -0.4 is 15.8 Å². The quantitative estimate of drug-likeness (QED) is 0.789. The van der Waals surface area contributed by atoms with E-state index in [9.17, 15) is 4.79 Å². The van der Waals surface area contributed by atoms with Crippen LogP contribution in [-0.4, -0.2) is 49.9 Å². The van der Waals surface area contributed by atoms with Gasteiger partial charge in [0.2, 0.25) is 0 Å². The molecule has 1 aromatic rings. The maximum absolute atomic E-state index is 12.3. The van der Waals surface area contributed by atoms with Gasteiger partial charge in [-0.3, -0.25) is 0 Å². The number of urea groups is 1. The molecule has 0 aromatic heterocycles. The monoisotopic (exact) mass is 307 g/mol. The van der Waals surface area contributed by atoms with E-state index in [0.29, 0.717) is 37.8 Å². The van der Waals surface area contributed by atoms with Gasteiger partial charge in [0.1, 0.15) is 12.4 Å². The van der Waals surface area contributed by atoms with Gasteiger partial charge >= 0.3 is 6.03 Å². The molecule has 1 fully saturated rings. The Morgan fingerprint density at radius 3 is 3.00 bits per heavy atom. The van der Waals surface area contributed by atoms with Gasteiger partial charge < -0.3 is 25.4 Å². The summed E-state index contributed by atoms with van der Waals surface area (Å²) in [7, 11) is 0. The Bertz CT molecular complexity index is 481. The summed E-state index contributed by atoms with van der Waals surface area (Å²) in [5.74, 6) is 0.650. The number of nitrogens with one attached hydrogen (secondary N) is 1. The summed E-state index contributed by atoms with van der Waals surface area (Å²) in [6.45, 7) is 4.93. The lowest BCUT2D eigenvalue weighted by molar-refractivity contribution is 0.110. The smallest absolute Gasteiger partial charge is 0.322 e. The molecule has 0 bridgehead atoms. The third-order valence-corrected chi connectivity index (χ3v) is 3.56. The highest BCUT2D eigenvalue weighted by Crippen LogP contribution is 2.24. The largest absolute Gasteiger partial charge is 0.489 e. The SMILES string of the molecule is CCOCCOc1ccccc1NC(=O)N1CCC[C@@H](N)C1. The van der Waals surface area contributed by atoms with Gasteiger partial charge in [-0.1, -0.05) is 12.1 Å². The molecule has 2 amide bonds. The number of hydrogen-bond donors (Lipinski definition) is 2. The van der Waals surface area contributed by atoms with E-state index >= 15 is 0 Å². The fraction of sp³-hybridized carbons (Fsp3) is 0.562. The van der Waals surface area contributed by atoms with Crippen LogP contribution in [0, 0.1) is 0 Å². The summed E-state index contributed by atoms with van der Waals surface area (Å²) in [6.07, 6.45) is 1.92. The van der Waals surface area contributed by atoms with Crippen molar-refractivity contribution in [2.45, 2.75) is 25.8 Å². The van der Waals surface area contributed by atoms with Crippen LogP contribution in [0.4, 0.5) is 10.5 Å². The molecule has 1 heterocycles. The van der Waals surface area contributed by atoms with E-state index in [-0.39, 0.29) is 12.1 Å². The first-order valence-electron chi connectivity index (χ1n) is 7.81. The molecule has 122 valence electrons. The molecule has 1 aromatic carbocycles. The van der Waals surface area contributed by atoms with Crippen molar-refractivity contribution in [2.24, 2.45) is 5.73 Å². The van der Waals surface area contributed by atoms with Gasteiger partial charge in [0.15, 0.2) is 0 Å². The summed E-state index contributed by atoms with van der Waals surface area (Å²) in [5.41, 5.74) is 6.59. The van der Waals surface area contributed by atoms with Crippen molar-refractivity contribution in [3.8, 4) is 5.75 Å². The second kappa shape index (κ2) is 8.60. The van der Waals surface area contributed by atoms with E-state index < -0.39 is 0 Å². The van der Waals surface area contributed by atoms with Gasteiger partial charge in [0.05, 0.1) is 12.3 Å². The minimum absolute atomic E-state index is 0.0668. The highest BCUT2D eigenvalue weighted by molar-refractivity contribution is 5.91. The number of hydrogen-bond acceptors (Lipinski definition) is 4. The van der Waals surface area contributed by atoms with Crippen LogP contribution in [0.2, 0.25) is 0 Å². The molecule has 0 spiro atoms. The van der Waals surface area contributed by atoms with Crippen molar-refractivity contribution in [1.82, 2.24) is 4.90 Å². The van der Waals surface area contributed by atoms with E-state index in [1.54, 1.807) is 4.90 Å². The number of carbonyl (C=O) groups excluding carboxylic acids is 1. The fourth-order valence-corrected chi connectivity index (χ4v) is 2.44. The Morgan fingerprint density at radius 2 is 2.23 bits per heavy atom. The molecule has 1 atom stereocenters. The zero-order valence-corrected chi connectivity index (χ0v) is 13.1. The van der Waals surface area contributed by atoms with Crippen LogP contribution >= 0.6 is 0 Å². The molecular formula is C16H25N3O3. The van der Waals surface area contributed by atoms with E-state index in [2.05, 4.69) is 5.32 Å². The van der Waals surface area contributed by atoms with E-state index in [4.69, 9.17) is 15.2 Å². The topological polar surface area (TPSA) is 76.8 Å². The lowest BCUT2D eigenvalue weighted by Crippen LogP contribution is -2.47. The Hall–Kier alpha value is -1.79. The summed E-state index contributed by atoms with van der Waals surface area (Å²) in [5, 5.41) is 2.91. The zero-order chi connectivity index (χ0) is 15.8. The minimum atomic E-state index is -0.129. The molecule has 1 saturated heterocycles. The number of piperidine rings is 1. The Morgan fingerprint density at radius 1 is 1.41 bits per heavy atom. The average Bonchev–Trinajstić information content (AvgIpc) is 2.53. The molecule has 6 nitrogen and oxygen atoms in total. The van der Waals surface area contributed by atoms with Gasteiger partial charge in [-0.15, -0.1) is 0 Å². The third-order valence-electron chi connectivity index (χ3n) is 3.56. The summed E-state index contributed by atoms with van der Waals surface area (Å²) < 4.78 is 10.9. The van der Waals surface area contributed by atoms with Gasteiger partial charge in [-0.25, -0.2) is 4.79 Å². The van der Waals surface area contributed by atoms with Crippen molar-refractivity contribution < 1.29 is 14.3 Å². The predicted molar refractivity (Wildman–Crippen MR) is 86.2 cm³/mol. The van der Waals surface area contributed by atoms with Crippen molar-refractivity contribution >= 4 is 11.7 Å². The first-order chi connectivity index (χ1) is 10.7. The third kappa shape index (κ3) is 4.89. The van der Waals surface area contributed by atoms with Crippen LogP contribution in [0.25, 0.3) is 0 Å². The van der Waals surface area contributed by atoms with E-state index in [1.807, 2.05) is 31.2 Å². The van der Waals surface area contributed by atoms with Crippen molar-refractivity contribution in [3.05, 3.63) is 24.3 Å². The number of likely N-dealkylation sites (tertiary alicyclic amines) is 1. The first-order valence-corrected chi connectivity index (χ1v) is 7.81. The predicted octanol–water partition coefficient (Wildman–Crippen LogP) is 2.06. The number of benzene rings is 1. The number of amides is 2. The molecule has 3 N–H and O–H groups in total. The molecule has 22 heavy (non-hydrogen) atoms. The fourth-order valence-electron chi connectivity index (χ4n) is 2.44. The van der Waals surface area contributed by atoms with Crippen molar-refractivity contribution in [2.75, 3.05) is 38.2 Å². The normalized spacial score (nSPS) is 18.1. The number of ether oxygens (including phenoxy) is 2. The molecule has 1 aliphatic heterocycles. The maximum Gasteiger partial charge on any atom is 0.322 e. The van der Waals surface area contributed by atoms with Crippen molar-refractivity contribution in [1.29, 1.82) is 0 Å². The van der Waals surface area contributed by atoms with Gasteiger partial charge in [-0.05, 0) is 31.9 Å². The maximum atomic E-state index is 12.3. The molecule has 0 aliphatic carbocycles. The zero-order valence-electron chi connectivity index (χ0n) is 13.1. The molecule has 0 radical (unpaired) electrons. The standard InChI is InChI=1S/C16H25N3O3/c1-2-21-10-11-22-15-8-4-3-7-14(15)18-16(20)19-9-5-6-13(17)12-19/h3-4,7-8,13H,2,5-6,9-12,17H2,1H3,(H,18,20)/t13-/m1/s1. The highest BCUT2D eigenvalue weighted by Gasteiger charge is 2.21. The number of carbonyl (C=O) groups is 1. The second-order valence-electron chi connectivity index (χ2n) is 5.32. The van der Waals surface area contributed by atoms with E-state index in [0.717, 1.165) is 19.4 Å². The molecule has 2 rings (SSSR count). The number of anilines is 1. The minimum Gasteiger partial charge on any atom is -0.489 e. The lowest BCUT2D eigenvalue weighted by atomic mass is 10.1. The van der Waals surface area contributed by atoms with Crippen LogP contribution in [0.3, 0.4) is 0 Å². The number of nitrogens with two attached hydrogens (primary N) is 1. The number of nitrogens with zero attached hydrogens (tertiary/aromatic N) is 1. The van der Waals surface area contributed by atoms with Gasteiger partial charge in [-0.2, -0.15) is 0 Å². The first kappa shape index (κ1) is 16.6. The molecule has 0 unspecified atom stereocenters. The molecule has 0 saturated carbocycles. The number of para-hydroxylation sites is 2. The molecule has 6 heteroatoms. The second-order valence-corrected chi connectivity index (χ2v) is 5.32. The van der Waals surface area contributed by atoms with Crippen LogP contribution in [-0.2, 0) is 4.74 Å². The van der Waals surface area contributed by atoms with Crippen LogP contribution in [0.15, 0.2) is 24.3 Å². The average molecular weight is 307 g/mol. The highest BCUT2D eigenvalue weighted by atomic mass is 16.5. The molecular weight excluding hydrogens is 282 g/mol. The van der Waals surface area contributed by atoms with Crippen LogP contribution in [0.1, 0.15) is 19.8 Å². The van der Waals surface area contributed by atoms with Gasteiger partial charge in [0, 0.05) is 25.7 Å². The van der Waals surface area contributed by atoms with Crippen LogP contribution in [0.5, 0.6) is 5.75 Å².